The summed E-state index contributed by atoms with van der Waals surface area (Å²) in [6.45, 7) is 2.13. The zero-order valence-corrected chi connectivity index (χ0v) is 8.99. The number of hydrogen-bond acceptors (Lipinski definition) is 2. The van der Waals surface area contributed by atoms with Crippen molar-refractivity contribution in [2.75, 3.05) is 0 Å². The van der Waals surface area contributed by atoms with E-state index in [2.05, 4.69) is 30.1 Å². The minimum absolute atomic E-state index is 0.368. The Morgan fingerprint density at radius 3 is 2.93 bits per heavy atom. The number of imidazole rings is 1. The second kappa shape index (κ2) is 3.74. The van der Waals surface area contributed by atoms with Gasteiger partial charge in [-0.15, -0.1) is 0 Å². The highest BCUT2D eigenvalue weighted by Gasteiger charge is 2.06. The second-order valence-corrected chi connectivity index (χ2v) is 3.60. The van der Waals surface area contributed by atoms with Crippen LogP contribution in [0.3, 0.4) is 0 Å². The maximum absolute atomic E-state index is 8.67. The van der Waals surface area contributed by atoms with Gasteiger partial charge in [-0.2, -0.15) is 5.26 Å². The van der Waals surface area contributed by atoms with E-state index in [-0.39, 0.29) is 0 Å². The van der Waals surface area contributed by atoms with E-state index in [0.29, 0.717) is 6.42 Å². The van der Waals surface area contributed by atoms with Gasteiger partial charge in [-0.05, 0) is 24.1 Å². The Bertz CT molecular complexity index is 532. The van der Waals surface area contributed by atoms with Gasteiger partial charge in [0.2, 0.25) is 0 Å². The lowest BCUT2D eigenvalue weighted by Gasteiger charge is -1.99. The molecule has 3 nitrogen and oxygen atoms in total. The molecule has 2 rings (SSSR count). The molecule has 3 heteroatoms. The first-order valence-electron chi connectivity index (χ1n) is 5.07. The largest absolute Gasteiger partial charge is 0.330 e. The highest BCUT2D eigenvalue weighted by atomic mass is 15.1. The fourth-order valence-corrected chi connectivity index (χ4v) is 1.73. The molecular formula is C12H13N3. The standard InChI is InChI=1S/C12H13N3/c1-3-9-4-5-10-11(8-9)15(2)12(14-10)6-7-13/h4-5,8H,3,6H2,1-2H3. The molecular weight excluding hydrogens is 186 g/mol. The number of benzene rings is 1. The molecule has 0 bridgehead atoms. The van der Waals surface area contributed by atoms with Gasteiger partial charge in [-0.3, -0.25) is 0 Å². The number of aromatic nitrogens is 2. The van der Waals surface area contributed by atoms with Crippen molar-refractivity contribution >= 4 is 11.0 Å². The van der Waals surface area contributed by atoms with E-state index < -0.39 is 0 Å². The molecule has 0 aliphatic rings. The van der Waals surface area contributed by atoms with Crippen LogP contribution < -0.4 is 0 Å². The molecule has 0 fully saturated rings. The van der Waals surface area contributed by atoms with Crippen molar-refractivity contribution in [2.45, 2.75) is 19.8 Å². The van der Waals surface area contributed by atoms with Crippen LogP contribution in [0.1, 0.15) is 18.3 Å². The quantitative estimate of drug-likeness (QED) is 0.744. The first-order valence-corrected chi connectivity index (χ1v) is 5.07. The van der Waals surface area contributed by atoms with E-state index >= 15 is 0 Å². The van der Waals surface area contributed by atoms with E-state index in [1.165, 1.54) is 5.56 Å². The molecule has 0 saturated carbocycles. The summed E-state index contributed by atoms with van der Waals surface area (Å²) in [6, 6.07) is 8.38. The molecule has 1 aromatic heterocycles. The number of fused-ring (bicyclic) bond motifs is 1. The van der Waals surface area contributed by atoms with Crippen molar-refractivity contribution in [3.8, 4) is 6.07 Å². The highest BCUT2D eigenvalue weighted by molar-refractivity contribution is 5.76. The average Bonchev–Trinajstić information content (AvgIpc) is 2.56. The van der Waals surface area contributed by atoms with Crippen molar-refractivity contribution in [2.24, 2.45) is 7.05 Å². The van der Waals surface area contributed by atoms with E-state index in [0.717, 1.165) is 23.3 Å². The molecule has 0 saturated heterocycles. The smallest absolute Gasteiger partial charge is 0.123 e. The maximum atomic E-state index is 8.67. The molecule has 0 spiro atoms. The van der Waals surface area contributed by atoms with Gasteiger partial charge in [0.05, 0.1) is 23.5 Å². The summed E-state index contributed by atoms with van der Waals surface area (Å²) in [4.78, 5) is 4.42. The van der Waals surface area contributed by atoms with Crippen molar-refractivity contribution in [3.63, 3.8) is 0 Å². The lowest BCUT2D eigenvalue weighted by molar-refractivity contribution is 0.857. The normalized spacial score (nSPS) is 10.5. The summed E-state index contributed by atoms with van der Waals surface area (Å²) in [7, 11) is 1.96. The van der Waals surface area contributed by atoms with Crippen LogP contribution >= 0.6 is 0 Å². The average molecular weight is 199 g/mol. The Hall–Kier alpha value is -1.82. The Morgan fingerprint density at radius 2 is 2.27 bits per heavy atom. The third kappa shape index (κ3) is 1.59. The van der Waals surface area contributed by atoms with Crippen LogP contribution in [0.4, 0.5) is 0 Å². The molecule has 0 N–H and O–H groups in total. The molecule has 1 aromatic carbocycles. The topological polar surface area (TPSA) is 41.6 Å². The number of nitriles is 1. The van der Waals surface area contributed by atoms with E-state index in [4.69, 9.17) is 5.26 Å². The first-order chi connectivity index (χ1) is 7.26. The Kier molecular flexibility index (Phi) is 2.42. The van der Waals surface area contributed by atoms with Crippen LogP contribution in [-0.2, 0) is 19.9 Å². The van der Waals surface area contributed by atoms with Crippen LogP contribution in [0.2, 0.25) is 0 Å². The summed E-state index contributed by atoms with van der Waals surface area (Å²) in [5, 5.41) is 8.67. The molecule has 1 heterocycles. The molecule has 0 unspecified atom stereocenters. The van der Waals surface area contributed by atoms with Crippen molar-refractivity contribution in [1.82, 2.24) is 9.55 Å². The summed E-state index contributed by atoms with van der Waals surface area (Å²) < 4.78 is 2.00. The lowest BCUT2D eigenvalue weighted by atomic mass is 10.1. The predicted octanol–water partition coefficient (Wildman–Crippen LogP) is 2.20. The van der Waals surface area contributed by atoms with Crippen molar-refractivity contribution in [1.29, 1.82) is 5.26 Å². The first kappa shape index (κ1) is 9.72. The third-order valence-corrected chi connectivity index (χ3v) is 2.68. The zero-order chi connectivity index (χ0) is 10.8. The fourth-order valence-electron chi connectivity index (χ4n) is 1.73. The second-order valence-electron chi connectivity index (χ2n) is 3.60. The third-order valence-electron chi connectivity index (χ3n) is 2.68. The molecule has 0 aliphatic carbocycles. The monoisotopic (exact) mass is 199 g/mol. The molecule has 2 aromatic rings. The van der Waals surface area contributed by atoms with Crippen molar-refractivity contribution < 1.29 is 0 Å². The van der Waals surface area contributed by atoms with Crippen LogP contribution in [0.25, 0.3) is 11.0 Å². The number of hydrogen-bond donors (Lipinski definition) is 0. The van der Waals surface area contributed by atoms with E-state index in [9.17, 15) is 0 Å². The van der Waals surface area contributed by atoms with Crippen LogP contribution in [-0.4, -0.2) is 9.55 Å². The molecule has 15 heavy (non-hydrogen) atoms. The summed E-state index contributed by atoms with van der Waals surface area (Å²) >= 11 is 0. The minimum Gasteiger partial charge on any atom is -0.330 e. The fraction of sp³-hybridized carbons (Fsp3) is 0.333. The zero-order valence-electron chi connectivity index (χ0n) is 8.99. The number of nitrogens with zero attached hydrogens (tertiary/aromatic N) is 3. The summed E-state index contributed by atoms with van der Waals surface area (Å²) in [5.41, 5.74) is 3.38. The summed E-state index contributed by atoms with van der Waals surface area (Å²) in [5.74, 6) is 0.834. The van der Waals surface area contributed by atoms with E-state index in [1.54, 1.807) is 0 Å². The molecule has 0 aliphatic heterocycles. The van der Waals surface area contributed by atoms with Crippen LogP contribution in [0, 0.1) is 11.3 Å². The van der Waals surface area contributed by atoms with Crippen molar-refractivity contribution in [3.05, 3.63) is 29.6 Å². The number of aryl methyl sites for hydroxylation is 2. The Morgan fingerprint density at radius 1 is 1.47 bits per heavy atom. The lowest BCUT2D eigenvalue weighted by Crippen LogP contribution is -1.96. The molecule has 0 atom stereocenters. The Labute approximate surface area is 89.0 Å². The Balaban J connectivity index is 2.62. The van der Waals surface area contributed by atoms with Gasteiger partial charge in [-0.1, -0.05) is 13.0 Å². The molecule has 0 radical (unpaired) electrons. The van der Waals surface area contributed by atoms with Crippen LogP contribution in [0.5, 0.6) is 0 Å². The van der Waals surface area contributed by atoms with Crippen LogP contribution in [0.15, 0.2) is 18.2 Å². The SMILES string of the molecule is CCc1ccc2nc(CC#N)n(C)c2c1. The van der Waals surface area contributed by atoms with Gasteiger partial charge in [0.1, 0.15) is 5.82 Å². The van der Waals surface area contributed by atoms with Gasteiger partial charge in [0.25, 0.3) is 0 Å². The number of rotatable bonds is 2. The highest BCUT2D eigenvalue weighted by Crippen LogP contribution is 2.17. The molecule has 76 valence electrons. The van der Waals surface area contributed by atoms with Gasteiger partial charge in [0.15, 0.2) is 0 Å². The van der Waals surface area contributed by atoms with Gasteiger partial charge >= 0.3 is 0 Å². The molecule has 0 amide bonds. The summed E-state index contributed by atoms with van der Waals surface area (Å²) in [6.07, 6.45) is 1.39. The van der Waals surface area contributed by atoms with Gasteiger partial charge in [-0.25, -0.2) is 4.98 Å². The van der Waals surface area contributed by atoms with E-state index in [1.807, 2.05) is 17.7 Å². The maximum Gasteiger partial charge on any atom is 0.123 e. The van der Waals surface area contributed by atoms with Gasteiger partial charge < -0.3 is 4.57 Å². The predicted molar refractivity (Wildman–Crippen MR) is 59.4 cm³/mol. The van der Waals surface area contributed by atoms with Gasteiger partial charge in [0, 0.05) is 7.05 Å². The minimum atomic E-state index is 0.368.